The summed E-state index contributed by atoms with van der Waals surface area (Å²) >= 11 is 6.06. The Morgan fingerprint density at radius 2 is 1.79 bits per heavy atom. The second-order valence-corrected chi connectivity index (χ2v) is 6.66. The highest BCUT2D eigenvalue weighted by molar-refractivity contribution is 6.30. The van der Waals surface area contributed by atoms with Gasteiger partial charge in [0.2, 0.25) is 0 Å². The molecule has 152 valence electrons. The van der Waals surface area contributed by atoms with Crippen molar-refractivity contribution in [3.05, 3.63) is 64.4 Å². The molecule has 29 heavy (non-hydrogen) atoms. The van der Waals surface area contributed by atoms with Crippen molar-refractivity contribution >= 4 is 17.5 Å². The Bertz CT molecular complexity index is 1010. The lowest BCUT2D eigenvalue weighted by Gasteiger charge is -2.15. The SMILES string of the molecule is COc1cc(OC)c(CNC(=O)c2cnn(-c3cccc(Cl)c3)c2C)c(OC)c1. The first-order valence-electron chi connectivity index (χ1n) is 8.86. The molecule has 0 saturated heterocycles. The third-order valence-corrected chi connectivity index (χ3v) is 4.79. The molecule has 7 nitrogen and oxygen atoms in total. The molecule has 0 aliphatic carbocycles. The number of rotatable bonds is 7. The molecule has 0 fully saturated rings. The molecule has 0 atom stereocenters. The van der Waals surface area contributed by atoms with Gasteiger partial charge in [-0.3, -0.25) is 4.79 Å². The van der Waals surface area contributed by atoms with E-state index in [4.69, 9.17) is 25.8 Å². The van der Waals surface area contributed by atoms with Crippen LogP contribution in [0.1, 0.15) is 21.6 Å². The Balaban J connectivity index is 1.82. The molecule has 1 amide bonds. The Kier molecular flexibility index (Phi) is 6.29. The van der Waals surface area contributed by atoms with Gasteiger partial charge < -0.3 is 19.5 Å². The average molecular weight is 416 g/mol. The fourth-order valence-electron chi connectivity index (χ4n) is 3.02. The summed E-state index contributed by atoms with van der Waals surface area (Å²) in [5, 5.41) is 7.82. The first-order chi connectivity index (χ1) is 14.0. The number of hydrogen-bond donors (Lipinski definition) is 1. The Morgan fingerprint density at radius 3 is 2.38 bits per heavy atom. The molecule has 2 aromatic carbocycles. The quantitative estimate of drug-likeness (QED) is 0.635. The van der Waals surface area contributed by atoms with Crippen molar-refractivity contribution in [2.24, 2.45) is 0 Å². The first kappa shape index (κ1) is 20.5. The minimum absolute atomic E-state index is 0.219. The predicted molar refractivity (Wildman–Crippen MR) is 111 cm³/mol. The fourth-order valence-corrected chi connectivity index (χ4v) is 3.20. The summed E-state index contributed by atoms with van der Waals surface area (Å²) in [4.78, 5) is 12.8. The van der Waals surface area contributed by atoms with E-state index in [9.17, 15) is 4.79 Å². The smallest absolute Gasteiger partial charge is 0.255 e. The number of nitrogens with zero attached hydrogens (tertiary/aromatic N) is 2. The van der Waals surface area contributed by atoms with Crippen LogP contribution in [-0.4, -0.2) is 37.0 Å². The number of hydrogen-bond acceptors (Lipinski definition) is 5. The molecule has 0 radical (unpaired) electrons. The van der Waals surface area contributed by atoms with Gasteiger partial charge in [-0.2, -0.15) is 5.10 Å². The van der Waals surface area contributed by atoms with Gasteiger partial charge in [0.25, 0.3) is 5.91 Å². The van der Waals surface area contributed by atoms with Gasteiger partial charge in [0.15, 0.2) is 0 Å². The molecule has 0 unspecified atom stereocenters. The topological polar surface area (TPSA) is 74.6 Å². The molecular weight excluding hydrogens is 394 g/mol. The van der Waals surface area contributed by atoms with Crippen molar-refractivity contribution in [3.8, 4) is 22.9 Å². The van der Waals surface area contributed by atoms with Gasteiger partial charge >= 0.3 is 0 Å². The van der Waals surface area contributed by atoms with E-state index in [2.05, 4.69) is 10.4 Å². The monoisotopic (exact) mass is 415 g/mol. The van der Waals surface area contributed by atoms with Crippen LogP contribution in [0.2, 0.25) is 5.02 Å². The number of nitrogens with one attached hydrogen (secondary N) is 1. The van der Waals surface area contributed by atoms with Crippen molar-refractivity contribution in [3.63, 3.8) is 0 Å². The van der Waals surface area contributed by atoms with E-state index < -0.39 is 0 Å². The summed E-state index contributed by atoms with van der Waals surface area (Å²) in [5.41, 5.74) is 2.67. The van der Waals surface area contributed by atoms with E-state index in [-0.39, 0.29) is 12.5 Å². The zero-order valence-corrected chi connectivity index (χ0v) is 17.4. The van der Waals surface area contributed by atoms with E-state index in [0.29, 0.717) is 39.1 Å². The Morgan fingerprint density at radius 1 is 1.10 bits per heavy atom. The van der Waals surface area contributed by atoms with Crippen LogP contribution < -0.4 is 19.5 Å². The van der Waals surface area contributed by atoms with Crippen LogP contribution in [0.15, 0.2) is 42.6 Å². The van der Waals surface area contributed by atoms with Gasteiger partial charge in [-0.25, -0.2) is 4.68 Å². The Hall–Kier alpha value is -3.19. The number of halogens is 1. The molecule has 0 saturated carbocycles. The van der Waals surface area contributed by atoms with Crippen LogP contribution in [0.3, 0.4) is 0 Å². The molecule has 0 aliphatic rings. The van der Waals surface area contributed by atoms with Gasteiger partial charge in [0.05, 0.1) is 56.6 Å². The number of ether oxygens (including phenoxy) is 3. The van der Waals surface area contributed by atoms with Crippen molar-refractivity contribution in [1.82, 2.24) is 15.1 Å². The second-order valence-electron chi connectivity index (χ2n) is 6.23. The molecule has 0 bridgehead atoms. The lowest BCUT2D eigenvalue weighted by Crippen LogP contribution is -2.24. The maximum absolute atomic E-state index is 12.8. The van der Waals surface area contributed by atoms with E-state index in [0.717, 1.165) is 5.69 Å². The fraction of sp³-hybridized carbons (Fsp3) is 0.238. The van der Waals surface area contributed by atoms with Crippen molar-refractivity contribution in [2.75, 3.05) is 21.3 Å². The van der Waals surface area contributed by atoms with Gasteiger partial charge in [-0.1, -0.05) is 17.7 Å². The molecule has 0 aliphatic heterocycles. The number of carbonyl (C=O) groups is 1. The number of amides is 1. The minimum Gasteiger partial charge on any atom is -0.496 e. The molecule has 0 spiro atoms. The molecule has 3 rings (SSSR count). The lowest BCUT2D eigenvalue weighted by atomic mass is 10.1. The van der Waals surface area contributed by atoms with E-state index in [1.54, 1.807) is 50.3 Å². The average Bonchev–Trinajstić information content (AvgIpc) is 3.12. The molecule has 8 heteroatoms. The zero-order valence-electron chi connectivity index (χ0n) is 16.7. The number of methoxy groups -OCH3 is 3. The minimum atomic E-state index is -0.254. The van der Waals surface area contributed by atoms with Crippen LogP contribution in [0, 0.1) is 6.92 Å². The summed E-state index contributed by atoms with van der Waals surface area (Å²) in [7, 11) is 4.67. The third kappa shape index (κ3) is 4.30. The highest BCUT2D eigenvalue weighted by Gasteiger charge is 2.18. The van der Waals surface area contributed by atoms with Crippen molar-refractivity contribution in [1.29, 1.82) is 0 Å². The molecule has 1 aromatic heterocycles. The largest absolute Gasteiger partial charge is 0.496 e. The molecular formula is C21H22ClN3O4. The third-order valence-electron chi connectivity index (χ3n) is 4.55. The highest BCUT2D eigenvalue weighted by atomic mass is 35.5. The van der Waals surface area contributed by atoms with Crippen LogP contribution >= 0.6 is 11.6 Å². The first-order valence-corrected chi connectivity index (χ1v) is 9.24. The van der Waals surface area contributed by atoms with E-state index >= 15 is 0 Å². The van der Waals surface area contributed by atoms with Crippen LogP contribution in [0.4, 0.5) is 0 Å². The van der Waals surface area contributed by atoms with Gasteiger partial charge in [0.1, 0.15) is 17.2 Å². The Labute approximate surface area is 174 Å². The summed E-state index contributed by atoms with van der Waals surface area (Å²) in [5.74, 6) is 1.48. The predicted octanol–water partition coefficient (Wildman–Crippen LogP) is 3.79. The number of aromatic nitrogens is 2. The van der Waals surface area contributed by atoms with Gasteiger partial charge in [-0.15, -0.1) is 0 Å². The second kappa shape index (κ2) is 8.87. The highest BCUT2D eigenvalue weighted by Crippen LogP contribution is 2.34. The van der Waals surface area contributed by atoms with Gasteiger partial charge in [-0.05, 0) is 25.1 Å². The normalized spacial score (nSPS) is 10.5. The number of carbonyl (C=O) groups excluding carboxylic acids is 1. The van der Waals surface area contributed by atoms with Crippen LogP contribution in [-0.2, 0) is 6.54 Å². The standard InChI is InChI=1S/C21H22ClN3O4/c1-13-17(12-24-25(13)15-7-5-6-14(22)8-15)21(26)23-11-18-19(28-3)9-16(27-2)10-20(18)29-4/h5-10,12H,11H2,1-4H3,(H,23,26). The molecule has 1 heterocycles. The number of benzene rings is 2. The summed E-state index contributed by atoms with van der Waals surface area (Å²) in [6, 6.07) is 10.8. The van der Waals surface area contributed by atoms with Crippen molar-refractivity contribution < 1.29 is 19.0 Å². The lowest BCUT2D eigenvalue weighted by molar-refractivity contribution is 0.0950. The van der Waals surface area contributed by atoms with Gasteiger partial charge in [0, 0.05) is 17.2 Å². The van der Waals surface area contributed by atoms with Crippen LogP contribution in [0.25, 0.3) is 5.69 Å². The maximum Gasteiger partial charge on any atom is 0.255 e. The maximum atomic E-state index is 12.8. The van der Waals surface area contributed by atoms with Crippen molar-refractivity contribution in [2.45, 2.75) is 13.5 Å². The van der Waals surface area contributed by atoms with Crippen LogP contribution in [0.5, 0.6) is 17.2 Å². The zero-order chi connectivity index (χ0) is 21.0. The van der Waals surface area contributed by atoms with E-state index in [1.165, 1.54) is 6.20 Å². The van der Waals surface area contributed by atoms with E-state index in [1.807, 2.05) is 19.1 Å². The molecule has 1 N–H and O–H groups in total. The molecule has 3 aromatic rings. The summed E-state index contributed by atoms with van der Waals surface area (Å²) in [6.07, 6.45) is 1.54. The summed E-state index contributed by atoms with van der Waals surface area (Å²) < 4.78 is 17.8. The summed E-state index contributed by atoms with van der Waals surface area (Å²) in [6.45, 7) is 2.05.